The van der Waals surface area contributed by atoms with E-state index in [0.717, 1.165) is 6.42 Å². The van der Waals surface area contributed by atoms with Gasteiger partial charge in [-0.3, -0.25) is 4.79 Å². The molecule has 0 N–H and O–H groups in total. The lowest BCUT2D eigenvalue weighted by atomic mass is 9.97. The van der Waals surface area contributed by atoms with E-state index in [2.05, 4.69) is 0 Å². The number of carbonyl (C=O) groups is 1. The lowest BCUT2D eigenvalue weighted by Crippen LogP contribution is -2.25. The summed E-state index contributed by atoms with van der Waals surface area (Å²) in [6, 6.07) is 0. The summed E-state index contributed by atoms with van der Waals surface area (Å²) in [6.45, 7) is 3.96. The highest BCUT2D eigenvalue weighted by Crippen LogP contribution is 2.44. The molecule has 2 heteroatoms. The molecule has 16 heavy (non-hydrogen) atoms. The molecule has 2 rings (SSSR count). The van der Waals surface area contributed by atoms with Gasteiger partial charge in [-0.2, -0.15) is 0 Å². The van der Waals surface area contributed by atoms with E-state index >= 15 is 0 Å². The molecule has 1 aliphatic carbocycles. The number of ether oxygens (including phenoxy) is 1. The third-order valence-corrected chi connectivity index (χ3v) is 4.21. The zero-order valence-electron chi connectivity index (χ0n) is 10.6. The maximum Gasteiger partial charge on any atom is 0.135 e. The highest BCUT2D eigenvalue weighted by molar-refractivity contribution is 5.80. The van der Waals surface area contributed by atoms with Gasteiger partial charge in [0.25, 0.3) is 0 Å². The Hall–Kier alpha value is -0.370. The summed E-state index contributed by atoms with van der Waals surface area (Å²) in [5, 5.41) is 0. The molecule has 1 aliphatic heterocycles. The zero-order chi connectivity index (χ0) is 11.6. The second-order valence-corrected chi connectivity index (χ2v) is 5.83. The number of hydrogen-bond donors (Lipinski definition) is 0. The van der Waals surface area contributed by atoms with Crippen molar-refractivity contribution < 1.29 is 9.53 Å². The fraction of sp³-hybridized carbons (Fsp3) is 0.929. The van der Waals surface area contributed by atoms with Crippen LogP contribution in [0.4, 0.5) is 0 Å². The van der Waals surface area contributed by atoms with Crippen LogP contribution in [0.5, 0.6) is 0 Å². The third kappa shape index (κ3) is 2.65. The molecule has 2 nitrogen and oxygen atoms in total. The minimum atomic E-state index is 0.182. The molecule has 1 unspecified atom stereocenters. The Kier molecular flexibility index (Phi) is 3.68. The first-order chi connectivity index (χ1) is 7.61. The van der Waals surface area contributed by atoms with E-state index in [-0.39, 0.29) is 11.5 Å². The number of carbonyl (C=O) groups excluding carboxylic acids is 1. The van der Waals surface area contributed by atoms with E-state index in [9.17, 15) is 4.79 Å². The van der Waals surface area contributed by atoms with Gasteiger partial charge in [-0.1, -0.05) is 26.7 Å². The molecule has 1 heterocycles. The fourth-order valence-corrected chi connectivity index (χ4v) is 3.08. The van der Waals surface area contributed by atoms with Gasteiger partial charge in [-0.15, -0.1) is 0 Å². The SMILES string of the molecule is CC(C)C(=O)CCC1CCC2(CCCC2)O1. The van der Waals surface area contributed by atoms with E-state index < -0.39 is 0 Å². The smallest absolute Gasteiger partial charge is 0.135 e. The summed E-state index contributed by atoms with van der Waals surface area (Å²) in [5.41, 5.74) is 0.228. The number of hydrogen-bond acceptors (Lipinski definition) is 2. The van der Waals surface area contributed by atoms with Gasteiger partial charge in [0.05, 0.1) is 11.7 Å². The topological polar surface area (TPSA) is 26.3 Å². The molecular weight excluding hydrogens is 200 g/mol. The van der Waals surface area contributed by atoms with E-state index in [1.807, 2.05) is 13.8 Å². The van der Waals surface area contributed by atoms with Gasteiger partial charge in [0.15, 0.2) is 0 Å². The van der Waals surface area contributed by atoms with Crippen LogP contribution in [0.25, 0.3) is 0 Å². The van der Waals surface area contributed by atoms with Crippen LogP contribution in [0.1, 0.15) is 65.2 Å². The van der Waals surface area contributed by atoms with Crippen LogP contribution in [-0.4, -0.2) is 17.5 Å². The molecule has 0 radical (unpaired) electrons. The number of ketones is 1. The first kappa shape index (κ1) is 12.1. The van der Waals surface area contributed by atoms with Gasteiger partial charge < -0.3 is 4.74 Å². The molecule has 0 bridgehead atoms. The third-order valence-electron chi connectivity index (χ3n) is 4.21. The van der Waals surface area contributed by atoms with E-state index in [1.165, 1.54) is 38.5 Å². The van der Waals surface area contributed by atoms with Gasteiger partial charge in [-0.25, -0.2) is 0 Å². The van der Waals surface area contributed by atoms with Crippen LogP contribution in [0.15, 0.2) is 0 Å². The molecule has 2 aliphatic rings. The highest BCUT2D eigenvalue weighted by atomic mass is 16.5. The molecule has 1 atom stereocenters. The molecule has 0 amide bonds. The van der Waals surface area contributed by atoms with Crippen molar-refractivity contribution >= 4 is 5.78 Å². The molecule has 0 aromatic rings. The second-order valence-electron chi connectivity index (χ2n) is 5.83. The van der Waals surface area contributed by atoms with Gasteiger partial charge in [0.1, 0.15) is 5.78 Å². The lowest BCUT2D eigenvalue weighted by molar-refractivity contribution is -0.123. The molecule has 0 aromatic carbocycles. The number of rotatable bonds is 4. The maximum atomic E-state index is 11.6. The van der Waals surface area contributed by atoms with Crippen LogP contribution >= 0.6 is 0 Å². The molecule has 1 saturated carbocycles. The Labute approximate surface area is 98.7 Å². The Morgan fingerprint density at radius 1 is 1.31 bits per heavy atom. The summed E-state index contributed by atoms with van der Waals surface area (Å²) in [7, 11) is 0. The van der Waals surface area contributed by atoms with Gasteiger partial charge in [0, 0.05) is 12.3 Å². The van der Waals surface area contributed by atoms with Crippen molar-refractivity contribution in [3.8, 4) is 0 Å². The standard InChI is InChI=1S/C14H24O2/c1-11(2)13(15)6-5-12-7-10-14(16-12)8-3-4-9-14/h11-12H,3-10H2,1-2H3. The van der Waals surface area contributed by atoms with Crippen LogP contribution in [0.2, 0.25) is 0 Å². The minimum absolute atomic E-state index is 0.182. The number of Topliss-reactive ketones (excluding diaryl/α,β-unsaturated/α-hetero) is 1. The first-order valence-electron chi connectivity index (χ1n) is 6.82. The molecule has 0 aromatic heterocycles. The molecule has 2 fully saturated rings. The van der Waals surface area contributed by atoms with Crippen molar-refractivity contribution in [2.24, 2.45) is 5.92 Å². The normalized spacial score (nSPS) is 28.1. The average molecular weight is 224 g/mol. The highest BCUT2D eigenvalue weighted by Gasteiger charge is 2.41. The van der Waals surface area contributed by atoms with Crippen molar-refractivity contribution in [1.82, 2.24) is 0 Å². The van der Waals surface area contributed by atoms with Crippen molar-refractivity contribution in [3.63, 3.8) is 0 Å². The van der Waals surface area contributed by atoms with Gasteiger partial charge in [0.2, 0.25) is 0 Å². The van der Waals surface area contributed by atoms with E-state index in [1.54, 1.807) is 0 Å². The molecule has 92 valence electrons. The van der Waals surface area contributed by atoms with E-state index in [4.69, 9.17) is 4.74 Å². The molecule has 1 saturated heterocycles. The van der Waals surface area contributed by atoms with Crippen molar-refractivity contribution in [2.75, 3.05) is 0 Å². The Morgan fingerprint density at radius 2 is 2.00 bits per heavy atom. The summed E-state index contributed by atoms with van der Waals surface area (Å²) in [4.78, 5) is 11.6. The molecule has 1 spiro atoms. The Bertz CT molecular complexity index is 251. The predicted molar refractivity (Wildman–Crippen MR) is 64.4 cm³/mol. The quantitative estimate of drug-likeness (QED) is 0.730. The first-order valence-corrected chi connectivity index (χ1v) is 6.82. The lowest BCUT2D eigenvalue weighted by Gasteiger charge is -2.23. The Balaban J connectivity index is 1.74. The van der Waals surface area contributed by atoms with Crippen LogP contribution in [-0.2, 0) is 9.53 Å². The predicted octanol–water partition coefficient (Wildman–Crippen LogP) is 3.48. The molecular formula is C14H24O2. The van der Waals surface area contributed by atoms with Crippen molar-refractivity contribution in [3.05, 3.63) is 0 Å². The fourth-order valence-electron chi connectivity index (χ4n) is 3.08. The van der Waals surface area contributed by atoms with Crippen LogP contribution < -0.4 is 0 Å². The van der Waals surface area contributed by atoms with Crippen molar-refractivity contribution in [1.29, 1.82) is 0 Å². The average Bonchev–Trinajstić information content (AvgIpc) is 2.86. The largest absolute Gasteiger partial charge is 0.372 e. The summed E-state index contributed by atoms with van der Waals surface area (Å²) < 4.78 is 6.19. The maximum absolute atomic E-state index is 11.6. The second kappa shape index (κ2) is 4.87. The van der Waals surface area contributed by atoms with Crippen LogP contribution in [0.3, 0.4) is 0 Å². The zero-order valence-corrected chi connectivity index (χ0v) is 10.6. The summed E-state index contributed by atoms with van der Waals surface area (Å²) >= 11 is 0. The van der Waals surface area contributed by atoms with Gasteiger partial charge in [-0.05, 0) is 32.1 Å². The minimum Gasteiger partial charge on any atom is -0.372 e. The van der Waals surface area contributed by atoms with Gasteiger partial charge >= 0.3 is 0 Å². The van der Waals surface area contributed by atoms with Crippen molar-refractivity contribution in [2.45, 2.75) is 76.9 Å². The monoisotopic (exact) mass is 224 g/mol. The van der Waals surface area contributed by atoms with Crippen LogP contribution in [0, 0.1) is 5.92 Å². The summed E-state index contributed by atoms with van der Waals surface area (Å²) in [6.07, 6.45) is 9.58. The Morgan fingerprint density at radius 3 is 2.62 bits per heavy atom. The van der Waals surface area contributed by atoms with E-state index in [0.29, 0.717) is 18.3 Å². The summed E-state index contributed by atoms with van der Waals surface area (Å²) in [5.74, 6) is 0.567.